The minimum Gasteiger partial charge on any atom is -0.456 e. The van der Waals surface area contributed by atoms with Crippen LogP contribution in [-0.2, 0) is 0 Å². The van der Waals surface area contributed by atoms with Crippen molar-refractivity contribution in [3.8, 4) is 11.5 Å². The number of hydrogen-bond donors (Lipinski definition) is 2. The van der Waals surface area contributed by atoms with Gasteiger partial charge < -0.3 is 15.7 Å². The maximum absolute atomic E-state index is 13.3. The molecule has 2 aromatic carbocycles. The predicted octanol–water partition coefficient (Wildman–Crippen LogP) is 4.24. The zero-order valence-electron chi connectivity index (χ0n) is 9.98. The molecule has 104 valence electrons. The van der Waals surface area contributed by atoms with E-state index in [1.54, 1.807) is 24.3 Å². The van der Waals surface area contributed by atoms with E-state index in [1.807, 2.05) is 0 Å². The number of nitrogens with zero attached hydrogens (tertiary/aromatic N) is 1. The van der Waals surface area contributed by atoms with Gasteiger partial charge in [0.15, 0.2) is 5.84 Å². The highest BCUT2D eigenvalue weighted by molar-refractivity contribution is 9.10. The summed E-state index contributed by atoms with van der Waals surface area (Å²) in [6, 6.07) is 9.18. The third-order valence-corrected chi connectivity index (χ3v) is 3.34. The molecule has 20 heavy (non-hydrogen) atoms. The number of rotatable bonds is 3. The second-order valence-electron chi connectivity index (χ2n) is 3.83. The molecule has 3 N–H and O–H groups in total. The molecule has 0 saturated heterocycles. The molecule has 0 fully saturated rings. The van der Waals surface area contributed by atoms with Crippen LogP contribution in [0, 0.1) is 5.82 Å². The molecule has 0 aromatic heterocycles. The Kier molecular flexibility index (Phi) is 4.61. The van der Waals surface area contributed by atoms with E-state index in [1.165, 1.54) is 12.1 Å². The fraction of sp³-hybridized carbons (Fsp3) is 0. The lowest BCUT2D eigenvalue weighted by Gasteiger charge is -2.11. The molecular weight excluding hydrogens is 395 g/mol. The lowest BCUT2D eigenvalue weighted by molar-refractivity contribution is 0.318. The van der Waals surface area contributed by atoms with Crippen molar-refractivity contribution in [1.82, 2.24) is 0 Å². The van der Waals surface area contributed by atoms with Gasteiger partial charge in [0.2, 0.25) is 0 Å². The van der Waals surface area contributed by atoms with Gasteiger partial charge >= 0.3 is 0 Å². The summed E-state index contributed by atoms with van der Waals surface area (Å²) >= 11 is 6.47. The lowest BCUT2D eigenvalue weighted by atomic mass is 10.2. The molecule has 2 rings (SSSR count). The Morgan fingerprint density at radius 2 is 1.90 bits per heavy atom. The SMILES string of the molecule is N/C(=N/O)c1cc(Br)ccc1Oc1cc(F)cc(Br)c1. The van der Waals surface area contributed by atoms with E-state index in [0.717, 1.165) is 4.47 Å². The van der Waals surface area contributed by atoms with E-state index >= 15 is 0 Å². The first kappa shape index (κ1) is 14.8. The Morgan fingerprint density at radius 1 is 1.15 bits per heavy atom. The van der Waals surface area contributed by atoms with E-state index in [-0.39, 0.29) is 5.84 Å². The molecule has 4 nitrogen and oxygen atoms in total. The smallest absolute Gasteiger partial charge is 0.173 e. The molecule has 0 saturated carbocycles. The number of hydrogen-bond acceptors (Lipinski definition) is 3. The summed E-state index contributed by atoms with van der Waals surface area (Å²) < 4.78 is 20.2. The van der Waals surface area contributed by atoms with Gasteiger partial charge in [-0.2, -0.15) is 0 Å². The minimum absolute atomic E-state index is 0.100. The summed E-state index contributed by atoms with van der Waals surface area (Å²) in [7, 11) is 0. The zero-order valence-corrected chi connectivity index (χ0v) is 13.2. The fourth-order valence-corrected chi connectivity index (χ4v) is 2.37. The highest BCUT2D eigenvalue weighted by Crippen LogP contribution is 2.30. The average Bonchev–Trinajstić information content (AvgIpc) is 2.38. The Balaban J connectivity index is 2.43. The van der Waals surface area contributed by atoms with Crippen molar-refractivity contribution in [1.29, 1.82) is 0 Å². The van der Waals surface area contributed by atoms with Crippen molar-refractivity contribution in [2.24, 2.45) is 10.9 Å². The molecule has 0 aliphatic carbocycles. The first-order valence-electron chi connectivity index (χ1n) is 5.41. The van der Waals surface area contributed by atoms with Crippen LogP contribution < -0.4 is 10.5 Å². The molecular formula is C13H9Br2FN2O2. The van der Waals surface area contributed by atoms with Crippen molar-refractivity contribution < 1.29 is 14.3 Å². The summed E-state index contributed by atoms with van der Waals surface area (Å²) in [5.74, 6) is 0.112. The average molecular weight is 404 g/mol. The largest absolute Gasteiger partial charge is 0.456 e. The number of halogens is 3. The third-order valence-electron chi connectivity index (χ3n) is 2.39. The van der Waals surface area contributed by atoms with Crippen LogP contribution in [0.3, 0.4) is 0 Å². The van der Waals surface area contributed by atoms with Crippen molar-refractivity contribution in [2.75, 3.05) is 0 Å². The van der Waals surface area contributed by atoms with E-state index in [2.05, 4.69) is 37.0 Å². The first-order chi connectivity index (χ1) is 9.49. The van der Waals surface area contributed by atoms with Gasteiger partial charge in [0.1, 0.15) is 17.3 Å². The van der Waals surface area contributed by atoms with Crippen LogP contribution in [0.15, 0.2) is 50.5 Å². The molecule has 0 heterocycles. The summed E-state index contributed by atoms with van der Waals surface area (Å²) in [5.41, 5.74) is 5.98. The molecule has 7 heteroatoms. The third kappa shape index (κ3) is 3.49. The fourth-order valence-electron chi connectivity index (χ4n) is 1.56. The highest BCUT2D eigenvalue weighted by Gasteiger charge is 2.11. The van der Waals surface area contributed by atoms with Crippen LogP contribution in [0.5, 0.6) is 11.5 Å². The van der Waals surface area contributed by atoms with E-state index in [0.29, 0.717) is 21.5 Å². The monoisotopic (exact) mass is 402 g/mol. The van der Waals surface area contributed by atoms with E-state index < -0.39 is 5.82 Å². The standard InChI is InChI=1S/C13H9Br2FN2O2/c14-7-1-2-12(11(5-7)13(17)18-19)20-10-4-8(15)3-9(16)6-10/h1-6,19H,(H2,17,18). The van der Waals surface area contributed by atoms with Crippen LogP contribution in [-0.4, -0.2) is 11.0 Å². The molecule has 0 bridgehead atoms. The quantitative estimate of drug-likeness (QED) is 0.348. The maximum Gasteiger partial charge on any atom is 0.173 e. The topological polar surface area (TPSA) is 67.8 Å². The van der Waals surface area contributed by atoms with Crippen LogP contribution in [0.4, 0.5) is 4.39 Å². The molecule has 2 aromatic rings. The number of ether oxygens (including phenoxy) is 1. The van der Waals surface area contributed by atoms with Crippen molar-refractivity contribution in [3.05, 3.63) is 56.7 Å². The Hall–Kier alpha value is -1.60. The summed E-state index contributed by atoms with van der Waals surface area (Å²) in [6.07, 6.45) is 0. The second kappa shape index (κ2) is 6.23. The van der Waals surface area contributed by atoms with Crippen LogP contribution in [0.1, 0.15) is 5.56 Å². The molecule has 0 aliphatic heterocycles. The molecule has 0 aliphatic rings. The van der Waals surface area contributed by atoms with Crippen molar-refractivity contribution in [2.45, 2.75) is 0 Å². The predicted molar refractivity (Wildman–Crippen MR) is 80.8 cm³/mol. The number of amidine groups is 1. The van der Waals surface area contributed by atoms with Gasteiger partial charge in [-0.3, -0.25) is 0 Å². The van der Waals surface area contributed by atoms with Gasteiger partial charge in [-0.1, -0.05) is 37.0 Å². The van der Waals surface area contributed by atoms with Gasteiger partial charge in [-0.15, -0.1) is 0 Å². The Labute approximate surface area is 131 Å². The van der Waals surface area contributed by atoms with Crippen LogP contribution in [0.25, 0.3) is 0 Å². The van der Waals surface area contributed by atoms with Gasteiger partial charge in [0.05, 0.1) is 5.56 Å². The molecule has 0 unspecified atom stereocenters. The van der Waals surface area contributed by atoms with Gasteiger partial charge in [-0.25, -0.2) is 4.39 Å². The second-order valence-corrected chi connectivity index (χ2v) is 5.66. The normalized spacial score (nSPS) is 11.4. The van der Waals surface area contributed by atoms with Gasteiger partial charge in [0, 0.05) is 15.0 Å². The van der Waals surface area contributed by atoms with Crippen molar-refractivity contribution in [3.63, 3.8) is 0 Å². The molecule has 0 amide bonds. The zero-order chi connectivity index (χ0) is 14.7. The van der Waals surface area contributed by atoms with Crippen LogP contribution >= 0.6 is 31.9 Å². The number of oxime groups is 1. The lowest BCUT2D eigenvalue weighted by Crippen LogP contribution is -2.14. The number of nitrogens with two attached hydrogens (primary N) is 1. The van der Waals surface area contributed by atoms with E-state index in [4.69, 9.17) is 15.7 Å². The number of benzene rings is 2. The summed E-state index contributed by atoms with van der Waals surface area (Å²) in [5, 5.41) is 11.7. The summed E-state index contributed by atoms with van der Waals surface area (Å²) in [6.45, 7) is 0. The molecule has 0 atom stereocenters. The summed E-state index contributed by atoms with van der Waals surface area (Å²) in [4.78, 5) is 0. The highest BCUT2D eigenvalue weighted by atomic mass is 79.9. The Bertz CT molecular complexity index is 657. The van der Waals surface area contributed by atoms with E-state index in [9.17, 15) is 4.39 Å². The van der Waals surface area contributed by atoms with Gasteiger partial charge in [-0.05, 0) is 30.3 Å². The molecule has 0 radical (unpaired) electrons. The first-order valence-corrected chi connectivity index (χ1v) is 6.99. The molecule has 0 spiro atoms. The Morgan fingerprint density at radius 3 is 2.55 bits per heavy atom. The minimum atomic E-state index is -0.433. The van der Waals surface area contributed by atoms with Crippen LogP contribution in [0.2, 0.25) is 0 Å². The maximum atomic E-state index is 13.3. The van der Waals surface area contributed by atoms with Crippen molar-refractivity contribution >= 4 is 37.7 Å². The van der Waals surface area contributed by atoms with Gasteiger partial charge in [0.25, 0.3) is 0 Å².